The first-order valence-electron chi connectivity index (χ1n) is 15.9. The molecule has 4 rings (SSSR count). The maximum Gasteiger partial charge on any atom is 0.263 e. The Morgan fingerprint density at radius 1 is 0.950 bits per heavy atom. The molecule has 3 aliphatic rings. The van der Waals surface area contributed by atoms with E-state index in [4.69, 9.17) is 0 Å². The third-order valence-electron chi connectivity index (χ3n) is 9.10. The minimum Gasteiger partial charge on any atom is -0.356 e. The van der Waals surface area contributed by atoms with Gasteiger partial charge in [0.1, 0.15) is 11.1 Å². The van der Waals surface area contributed by atoms with E-state index in [-0.39, 0.29) is 28.9 Å². The van der Waals surface area contributed by atoms with E-state index in [1.165, 1.54) is 25.7 Å². The van der Waals surface area contributed by atoms with Gasteiger partial charge in [0.05, 0.1) is 5.92 Å². The summed E-state index contributed by atoms with van der Waals surface area (Å²) in [6, 6.07) is 1.81. The molecule has 2 heterocycles. The summed E-state index contributed by atoms with van der Waals surface area (Å²) in [5, 5.41) is 5.85. The number of hydrogen-bond donors (Lipinski definition) is 2. The molecule has 1 unspecified atom stereocenters. The zero-order valence-corrected chi connectivity index (χ0v) is 25.0. The molecule has 8 heteroatoms. The second-order valence-corrected chi connectivity index (χ2v) is 12.8. The van der Waals surface area contributed by atoms with Crippen molar-refractivity contribution in [2.45, 2.75) is 123 Å². The summed E-state index contributed by atoms with van der Waals surface area (Å²) in [6.07, 6.45) is 14.5. The molecule has 1 atom stereocenters. The lowest BCUT2D eigenvalue weighted by Gasteiger charge is -2.37. The number of hydrogen-bond acceptors (Lipinski definition) is 4. The number of nitrogens with one attached hydrogen (secondary N) is 2. The van der Waals surface area contributed by atoms with Crippen molar-refractivity contribution in [1.29, 1.82) is 0 Å². The molecule has 2 fully saturated rings. The molecule has 0 spiro atoms. The van der Waals surface area contributed by atoms with Gasteiger partial charge < -0.3 is 20.1 Å². The van der Waals surface area contributed by atoms with Crippen LogP contribution in [0.4, 0.5) is 0 Å². The van der Waals surface area contributed by atoms with Gasteiger partial charge in [0.25, 0.3) is 11.5 Å². The molecule has 2 aliphatic carbocycles. The number of aromatic nitrogens is 1. The highest BCUT2D eigenvalue weighted by Gasteiger charge is 2.38. The Morgan fingerprint density at radius 3 is 2.38 bits per heavy atom. The SMILES string of the molecule is CCCNC(=O)C1CCCN(C(=O)C(C)(C)NC(=O)c2cc3c(n(CC4CCCCC4)c2=O)CCCCCC3)C1. The molecule has 8 nitrogen and oxygen atoms in total. The van der Waals surface area contributed by atoms with Crippen LogP contribution in [0.15, 0.2) is 10.9 Å². The van der Waals surface area contributed by atoms with Crippen molar-refractivity contribution in [1.82, 2.24) is 20.1 Å². The van der Waals surface area contributed by atoms with Crippen LogP contribution in [-0.2, 0) is 29.0 Å². The Hall–Kier alpha value is -2.64. The van der Waals surface area contributed by atoms with Crippen LogP contribution in [0.1, 0.15) is 119 Å². The van der Waals surface area contributed by atoms with Crippen LogP contribution < -0.4 is 16.2 Å². The standard InChI is InChI=1S/C32H50N4O4/c1-4-18-33-28(37)25-16-12-19-35(22-25)31(40)32(2,3)34-29(38)26-20-24-15-10-5-6-11-17-27(24)36(30(26)39)21-23-13-8-7-9-14-23/h20,23,25H,4-19,21-22H2,1-3H3,(H,33,37)(H,34,38). The van der Waals surface area contributed by atoms with Crippen molar-refractivity contribution in [2.24, 2.45) is 11.8 Å². The lowest BCUT2D eigenvalue weighted by Crippen LogP contribution is -2.59. The van der Waals surface area contributed by atoms with Crippen molar-refractivity contribution in [3.05, 3.63) is 33.2 Å². The predicted octanol–water partition coefficient (Wildman–Crippen LogP) is 4.36. The lowest BCUT2D eigenvalue weighted by molar-refractivity contribution is -0.140. The number of carbonyl (C=O) groups is 3. The third kappa shape index (κ3) is 7.35. The first-order chi connectivity index (χ1) is 19.2. The Morgan fingerprint density at radius 2 is 1.65 bits per heavy atom. The van der Waals surface area contributed by atoms with Crippen LogP contribution in [0.25, 0.3) is 0 Å². The number of rotatable bonds is 8. The molecule has 1 aromatic rings. The summed E-state index contributed by atoms with van der Waals surface area (Å²) in [4.78, 5) is 55.4. The number of carbonyl (C=O) groups excluding carboxylic acids is 3. The van der Waals surface area contributed by atoms with Crippen molar-refractivity contribution in [2.75, 3.05) is 19.6 Å². The van der Waals surface area contributed by atoms with E-state index in [1.54, 1.807) is 18.7 Å². The summed E-state index contributed by atoms with van der Waals surface area (Å²) in [5.74, 6) is -0.488. The van der Waals surface area contributed by atoms with Gasteiger partial charge in [-0.15, -0.1) is 0 Å². The Balaban J connectivity index is 1.54. The van der Waals surface area contributed by atoms with Crippen LogP contribution in [0.2, 0.25) is 0 Å². The van der Waals surface area contributed by atoms with Gasteiger partial charge in [0, 0.05) is 31.9 Å². The van der Waals surface area contributed by atoms with Crippen molar-refractivity contribution < 1.29 is 14.4 Å². The minimum atomic E-state index is -1.20. The van der Waals surface area contributed by atoms with Gasteiger partial charge in [-0.25, -0.2) is 0 Å². The smallest absolute Gasteiger partial charge is 0.263 e. The van der Waals surface area contributed by atoms with E-state index < -0.39 is 11.4 Å². The molecule has 222 valence electrons. The summed E-state index contributed by atoms with van der Waals surface area (Å²) in [6.45, 7) is 7.62. The van der Waals surface area contributed by atoms with Crippen LogP contribution in [0.3, 0.4) is 0 Å². The van der Waals surface area contributed by atoms with Crippen LogP contribution >= 0.6 is 0 Å². The first-order valence-corrected chi connectivity index (χ1v) is 15.9. The maximum absolute atomic E-state index is 13.9. The molecule has 0 aromatic carbocycles. The number of aryl methyl sites for hydroxylation is 1. The fraction of sp³-hybridized carbons (Fsp3) is 0.750. The van der Waals surface area contributed by atoms with E-state index in [9.17, 15) is 19.2 Å². The molecule has 1 aliphatic heterocycles. The summed E-state index contributed by atoms with van der Waals surface area (Å²) < 4.78 is 1.92. The van der Waals surface area contributed by atoms with Crippen molar-refractivity contribution in [3.8, 4) is 0 Å². The van der Waals surface area contributed by atoms with Gasteiger partial charge in [-0.05, 0) is 89.2 Å². The van der Waals surface area contributed by atoms with Crippen LogP contribution in [0, 0.1) is 11.8 Å². The average molecular weight is 555 g/mol. The molecule has 0 bridgehead atoms. The Kier molecular flexibility index (Phi) is 10.5. The first kappa shape index (κ1) is 30.3. The number of likely N-dealkylation sites (tertiary alicyclic amines) is 1. The van der Waals surface area contributed by atoms with E-state index in [0.717, 1.165) is 75.5 Å². The van der Waals surface area contributed by atoms with Crippen LogP contribution in [0.5, 0.6) is 0 Å². The molecular formula is C32H50N4O4. The molecule has 2 N–H and O–H groups in total. The normalized spacial score (nSPS) is 20.7. The highest BCUT2D eigenvalue weighted by molar-refractivity contribution is 5.99. The zero-order chi connectivity index (χ0) is 28.7. The number of amides is 3. The molecule has 0 radical (unpaired) electrons. The highest BCUT2D eigenvalue weighted by atomic mass is 16.2. The summed E-state index contributed by atoms with van der Waals surface area (Å²) >= 11 is 0. The number of pyridine rings is 1. The second kappa shape index (κ2) is 13.8. The van der Waals surface area contributed by atoms with Gasteiger partial charge in [-0.3, -0.25) is 19.2 Å². The van der Waals surface area contributed by atoms with Crippen molar-refractivity contribution >= 4 is 17.7 Å². The number of piperidine rings is 1. The number of fused-ring (bicyclic) bond motifs is 1. The minimum absolute atomic E-state index is 0.0134. The van der Waals surface area contributed by atoms with Gasteiger partial charge >= 0.3 is 0 Å². The Bertz CT molecular complexity index is 1120. The van der Waals surface area contributed by atoms with Gasteiger partial charge in [-0.1, -0.05) is 39.0 Å². The van der Waals surface area contributed by atoms with Gasteiger partial charge in [0.15, 0.2) is 0 Å². The largest absolute Gasteiger partial charge is 0.356 e. The van der Waals surface area contributed by atoms with Crippen molar-refractivity contribution in [3.63, 3.8) is 0 Å². The fourth-order valence-corrected chi connectivity index (χ4v) is 6.79. The van der Waals surface area contributed by atoms with E-state index >= 15 is 0 Å². The summed E-state index contributed by atoms with van der Waals surface area (Å²) in [7, 11) is 0. The third-order valence-corrected chi connectivity index (χ3v) is 9.10. The van der Waals surface area contributed by atoms with E-state index in [0.29, 0.717) is 32.1 Å². The topological polar surface area (TPSA) is 101 Å². The Labute approximate surface area is 239 Å². The maximum atomic E-state index is 13.9. The summed E-state index contributed by atoms with van der Waals surface area (Å²) in [5.41, 5.74) is 0.941. The monoisotopic (exact) mass is 554 g/mol. The molecule has 1 saturated carbocycles. The van der Waals surface area contributed by atoms with Gasteiger partial charge in [-0.2, -0.15) is 0 Å². The predicted molar refractivity (Wildman–Crippen MR) is 157 cm³/mol. The molecule has 40 heavy (non-hydrogen) atoms. The van der Waals surface area contributed by atoms with Gasteiger partial charge in [0.2, 0.25) is 11.8 Å². The quantitative estimate of drug-likeness (QED) is 0.499. The van der Waals surface area contributed by atoms with E-state index in [2.05, 4.69) is 10.6 Å². The molecule has 1 saturated heterocycles. The average Bonchev–Trinajstić information content (AvgIpc) is 2.93. The molecule has 3 amide bonds. The van der Waals surface area contributed by atoms with E-state index in [1.807, 2.05) is 17.6 Å². The fourth-order valence-electron chi connectivity index (χ4n) is 6.79. The second-order valence-electron chi connectivity index (χ2n) is 12.8. The highest BCUT2D eigenvalue weighted by Crippen LogP contribution is 2.27. The molecular weight excluding hydrogens is 504 g/mol. The van der Waals surface area contributed by atoms with Crippen LogP contribution in [-0.4, -0.2) is 52.4 Å². The molecule has 1 aromatic heterocycles. The number of nitrogens with zero attached hydrogens (tertiary/aromatic N) is 2. The lowest BCUT2D eigenvalue weighted by atomic mass is 9.88. The zero-order valence-electron chi connectivity index (χ0n) is 25.0.